The fourth-order valence-corrected chi connectivity index (χ4v) is 4.96. The van der Waals surface area contributed by atoms with Crippen LogP contribution >= 0.6 is 34.5 Å². The Bertz CT molecular complexity index is 831. The molecule has 1 aromatic carbocycles. The lowest BCUT2D eigenvalue weighted by Crippen LogP contribution is -2.14. The van der Waals surface area contributed by atoms with Gasteiger partial charge >= 0.3 is 5.97 Å². The Morgan fingerprint density at radius 2 is 1.95 bits per heavy atom. The summed E-state index contributed by atoms with van der Waals surface area (Å²) in [5.74, 6) is -0.558. The van der Waals surface area contributed by atoms with Gasteiger partial charge in [-0.15, -0.1) is 11.3 Å². The van der Waals surface area contributed by atoms with Crippen LogP contribution in [0.4, 0.5) is 5.69 Å². The van der Waals surface area contributed by atoms with E-state index in [1.807, 2.05) is 0 Å². The van der Waals surface area contributed by atoms with E-state index in [0.29, 0.717) is 5.56 Å². The molecule has 9 heteroatoms. The lowest BCUT2D eigenvalue weighted by Gasteiger charge is -2.11. The number of sulfonamides is 1. The minimum atomic E-state index is -3.90. The third-order valence-corrected chi connectivity index (χ3v) is 5.94. The third-order valence-electron chi connectivity index (χ3n) is 2.82. The standard InChI is InChI=1S/C13H11Cl2NO4S2/c1-7-3-4-8(13(17)20-2)5-9(7)16-22(18,19)10-6-11(14)21-12(10)15/h3-6,16H,1-2H3. The number of thiophene rings is 1. The second kappa shape index (κ2) is 6.45. The predicted octanol–water partition coefficient (Wildman–Crippen LogP) is 3.95. The van der Waals surface area contributed by atoms with Crippen LogP contribution in [0.1, 0.15) is 15.9 Å². The van der Waals surface area contributed by atoms with E-state index in [1.165, 1.54) is 19.2 Å². The molecule has 1 heterocycles. The molecule has 0 spiro atoms. The number of carbonyl (C=O) groups is 1. The molecule has 0 radical (unpaired) electrons. The first kappa shape index (κ1) is 17.1. The first-order valence-electron chi connectivity index (χ1n) is 5.91. The van der Waals surface area contributed by atoms with Crippen LogP contribution in [-0.2, 0) is 14.8 Å². The average molecular weight is 380 g/mol. The molecule has 5 nitrogen and oxygen atoms in total. The fraction of sp³-hybridized carbons (Fsp3) is 0.154. The molecule has 22 heavy (non-hydrogen) atoms. The zero-order valence-corrected chi connectivity index (χ0v) is 14.7. The molecular formula is C13H11Cl2NO4S2. The van der Waals surface area contributed by atoms with E-state index in [9.17, 15) is 13.2 Å². The minimum Gasteiger partial charge on any atom is -0.465 e. The lowest BCUT2D eigenvalue weighted by molar-refractivity contribution is 0.0601. The number of anilines is 1. The molecule has 0 aliphatic carbocycles. The van der Waals surface area contributed by atoms with Crippen molar-refractivity contribution in [1.29, 1.82) is 0 Å². The Kier molecular flexibility index (Phi) is 5.01. The molecule has 1 N–H and O–H groups in total. The summed E-state index contributed by atoms with van der Waals surface area (Å²) in [6.45, 7) is 1.71. The van der Waals surface area contributed by atoms with E-state index in [-0.39, 0.29) is 24.8 Å². The molecule has 1 aromatic heterocycles. The summed E-state index contributed by atoms with van der Waals surface area (Å²) in [5, 5.41) is 0. The van der Waals surface area contributed by atoms with Gasteiger partial charge in [0.1, 0.15) is 9.23 Å². The van der Waals surface area contributed by atoms with Gasteiger partial charge in [-0.05, 0) is 30.7 Å². The van der Waals surface area contributed by atoms with Gasteiger partial charge in [-0.3, -0.25) is 4.72 Å². The molecule has 0 saturated heterocycles. The molecule has 0 amide bonds. The summed E-state index contributed by atoms with van der Waals surface area (Å²) in [6, 6.07) is 5.84. The van der Waals surface area contributed by atoms with E-state index in [4.69, 9.17) is 23.2 Å². The summed E-state index contributed by atoms with van der Waals surface area (Å²) in [4.78, 5) is 11.4. The van der Waals surface area contributed by atoms with Gasteiger partial charge in [0.2, 0.25) is 0 Å². The fourth-order valence-electron chi connectivity index (χ4n) is 1.68. The smallest absolute Gasteiger partial charge is 0.337 e. The average Bonchev–Trinajstić information content (AvgIpc) is 2.80. The summed E-state index contributed by atoms with van der Waals surface area (Å²) in [7, 11) is -2.65. The van der Waals surface area contributed by atoms with Crippen LogP contribution in [0, 0.1) is 6.92 Å². The van der Waals surface area contributed by atoms with Crippen molar-refractivity contribution in [2.24, 2.45) is 0 Å². The molecule has 0 unspecified atom stereocenters. The number of nitrogens with one attached hydrogen (secondary N) is 1. The topological polar surface area (TPSA) is 72.5 Å². The Balaban J connectivity index is 2.41. The van der Waals surface area contributed by atoms with Crippen molar-refractivity contribution in [3.63, 3.8) is 0 Å². The van der Waals surface area contributed by atoms with Gasteiger partial charge in [-0.25, -0.2) is 13.2 Å². The first-order chi connectivity index (χ1) is 10.2. The molecule has 2 aromatic rings. The van der Waals surface area contributed by atoms with E-state index < -0.39 is 16.0 Å². The Hall–Kier alpha value is -1.28. The molecule has 2 rings (SSSR count). The monoisotopic (exact) mass is 379 g/mol. The highest BCUT2D eigenvalue weighted by Crippen LogP contribution is 2.35. The maximum atomic E-state index is 12.4. The number of carbonyl (C=O) groups excluding carboxylic acids is 1. The van der Waals surface area contributed by atoms with Crippen LogP contribution in [0.5, 0.6) is 0 Å². The van der Waals surface area contributed by atoms with E-state index in [1.54, 1.807) is 19.1 Å². The maximum Gasteiger partial charge on any atom is 0.337 e. The van der Waals surface area contributed by atoms with Gasteiger partial charge in [0.05, 0.1) is 22.7 Å². The van der Waals surface area contributed by atoms with Gasteiger partial charge in [0.25, 0.3) is 10.0 Å². The van der Waals surface area contributed by atoms with Crippen LogP contribution in [-0.4, -0.2) is 21.5 Å². The van der Waals surface area contributed by atoms with Crippen molar-refractivity contribution in [3.8, 4) is 0 Å². The van der Waals surface area contributed by atoms with E-state index >= 15 is 0 Å². The molecule has 0 bridgehead atoms. The largest absolute Gasteiger partial charge is 0.465 e. The van der Waals surface area contributed by atoms with Crippen LogP contribution in [0.15, 0.2) is 29.2 Å². The third kappa shape index (κ3) is 3.55. The minimum absolute atomic E-state index is 0.0688. The van der Waals surface area contributed by atoms with Gasteiger partial charge in [-0.1, -0.05) is 29.3 Å². The van der Waals surface area contributed by atoms with Gasteiger partial charge in [0, 0.05) is 0 Å². The summed E-state index contributed by atoms with van der Waals surface area (Å²) in [5.41, 5.74) is 1.15. The number of aryl methyl sites for hydroxylation is 1. The molecule has 0 fully saturated rings. The summed E-state index contributed by atoms with van der Waals surface area (Å²) < 4.78 is 32.1. The van der Waals surface area contributed by atoms with Gasteiger partial charge in [0.15, 0.2) is 0 Å². The van der Waals surface area contributed by atoms with Crippen LogP contribution < -0.4 is 4.72 Å². The van der Waals surface area contributed by atoms with Crippen LogP contribution in [0.25, 0.3) is 0 Å². The number of benzene rings is 1. The molecular weight excluding hydrogens is 369 g/mol. The predicted molar refractivity (Wildman–Crippen MR) is 87.7 cm³/mol. The Labute approximate surface area is 141 Å². The molecule has 0 saturated carbocycles. The highest BCUT2D eigenvalue weighted by molar-refractivity contribution is 7.93. The molecule has 0 atom stereocenters. The quantitative estimate of drug-likeness (QED) is 0.816. The van der Waals surface area contributed by atoms with Crippen molar-refractivity contribution >= 4 is 56.2 Å². The zero-order valence-electron chi connectivity index (χ0n) is 11.5. The van der Waals surface area contributed by atoms with Crippen molar-refractivity contribution in [1.82, 2.24) is 0 Å². The van der Waals surface area contributed by atoms with Crippen LogP contribution in [0.3, 0.4) is 0 Å². The highest BCUT2D eigenvalue weighted by Gasteiger charge is 2.22. The van der Waals surface area contributed by atoms with E-state index in [0.717, 1.165) is 11.3 Å². The number of methoxy groups -OCH3 is 1. The van der Waals surface area contributed by atoms with Gasteiger partial charge in [-0.2, -0.15) is 0 Å². The normalized spacial score (nSPS) is 11.3. The Morgan fingerprint density at radius 1 is 1.27 bits per heavy atom. The number of ether oxygens (including phenoxy) is 1. The van der Waals surface area contributed by atoms with Crippen molar-refractivity contribution in [2.45, 2.75) is 11.8 Å². The second-order valence-electron chi connectivity index (χ2n) is 4.32. The van der Waals surface area contributed by atoms with Crippen LogP contribution in [0.2, 0.25) is 8.67 Å². The van der Waals surface area contributed by atoms with Crippen molar-refractivity contribution in [3.05, 3.63) is 44.1 Å². The number of rotatable bonds is 4. The highest BCUT2D eigenvalue weighted by atomic mass is 35.5. The summed E-state index contributed by atoms with van der Waals surface area (Å²) >= 11 is 12.6. The molecule has 0 aliphatic rings. The zero-order chi connectivity index (χ0) is 16.5. The first-order valence-corrected chi connectivity index (χ1v) is 8.97. The molecule has 118 valence electrons. The SMILES string of the molecule is COC(=O)c1ccc(C)c(NS(=O)(=O)c2cc(Cl)sc2Cl)c1. The number of hydrogen-bond acceptors (Lipinski definition) is 5. The number of esters is 1. The number of hydrogen-bond donors (Lipinski definition) is 1. The van der Waals surface area contributed by atoms with Crippen molar-refractivity contribution in [2.75, 3.05) is 11.8 Å². The van der Waals surface area contributed by atoms with E-state index in [2.05, 4.69) is 9.46 Å². The number of halogens is 2. The lowest BCUT2D eigenvalue weighted by atomic mass is 10.1. The van der Waals surface area contributed by atoms with Gasteiger partial charge < -0.3 is 4.74 Å². The summed E-state index contributed by atoms with van der Waals surface area (Å²) in [6.07, 6.45) is 0. The second-order valence-corrected chi connectivity index (χ2v) is 8.25. The van der Waals surface area contributed by atoms with Crippen molar-refractivity contribution < 1.29 is 17.9 Å². The Morgan fingerprint density at radius 3 is 2.50 bits per heavy atom. The molecule has 0 aliphatic heterocycles. The maximum absolute atomic E-state index is 12.4.